The summed E-state index contributed by atoms with van der Waals surface area (Å²) in [7, 11) is -0.0895. The van der Waals surface area contributed by atoms with Crippen LogP contribution in [0.15, 0.2) is 63.7 Å². The fraction of sp³-hybridized carbons (Fsp3) is 0.433. The molecule has 3 atom stereocenters. The fourth-order valence-electron chi connectivity index (χ4n) is 6.20. The molecule has 1 amide bonds. The number of rotatable bonds is 5. The molecule has 210 valence electrons. The molecule has 1 aliphatic carbocycles. The molecule has 0 spiro atoms. The number of nitrogens with zero attached hydrogens (tertiary/aromatic N) is 3. The first kappa shape index (κ1) is 27.2. The Morgan fingerprint density at radius 1 is 1.18 bits per heavy atom. The highest BCUT2D eigenvalue weighted by atomic mass is 32.2. The third-order valence-corrected chi connectivity index (χ3v) is 10.7. The smallest absolute Gasteiger partial charge is 0.262 e. The average molecular weight is 585 g/mol. The van der Waals surface area contributed by atoms with Gasteiger partial charge in [0, 0.05) is 48.7 Å². The van der Waals surface area contributed by atoms with Crippen molar-refractivity contribution in [2.45, 2.75) is 56.1 Å². The fourth-order valence-corrected chi connectivity index (χ4v) is 8.32. The first-order valence-corrected chi connectivity index (χ1v) is 16.2. The highest BCUT2D eigenvalue weighted by Gasteiger charge is 2.47. The van der Waals surface area contributed by atoms with E-state index in [9.17, 15) is 23.5 Å². The molecular weight excluding hydrogens is 552 g/mol. The second-order valence-corrected chi connectivity index (χ2v) is 13.9. The first-order valence-electron chi connectivity index (χ1n) is 13.6. The van der Waals surface area contributed by atoms with Crippen molar-refractivity contribution >= 4 is 38.6 Å². The summed E-state index contributed by atoms with van der Waals surface area (Å²) < 4.78 is 30.2. The predicted octanol–water partition coefficient (Wildman–Crippen LogP) is 5.98. The van der Waals surface area contributed by atoms with Crippen LogP contribution in [0, 0.1) is 5.92 Å². The summed E-state index contributed by atoms with van der Waals surface area (Å²) in [6.45, 7) is 0.730. The van der Waals surface area contributed by atoms with Crippen LogP contribution < -0.4 is 5.56 Å². The highest BCUT2D eigenvalue weighted by molar-refractivity contribution is 7.26. The van der Waals surface area contributed by atoms with E-state index in [1.165, 1.54) is 22.2 Å². The van der Waals surface area contributed by atoms with Gasteiger partial charge in [-0.15, -0.1) is 11.3 Å². The largest absolute Gasteiger partial charge is 0.388 e. The molecule has 1 saturated carbocycles. The lowest BCUT2D eigenvalue weighted by Gasteiger charge is -2.42. The number of carbonyl (C=O) groups excluding carboxylic acids is 1. The number of aryl methyl sites for hydroxylation is 1. The number of likely N-dealkylation sites (tertiary alicyclic amines) is 1. The van der Waals surface area contributed by atoms with Gasteiger partial charge in [-0.25, -0.2) is 13.8 Å². The van der Waals surface area contributed by atoms with E-state index in [1.54, 1.807) is 4.90 Å². The molecule has 0 radical (unpaired) electrons. The van der Waals surface area contributed by atoms with Crippen molar-refractivity contribution in [3.63, 3.8) is 0 Å². The number of aromatic nitrogens is 2. The van der Waals surface area contributed by atoms with Crippen LogP contribution in [0.3, 0.4) is 0 Å². The maximum absolute atomic E-state index is 14.4. The standard InChI is InChI=1S/C30H32F2N3O3S2/c1-40-14-8-21(17-40)23-15-30(31,32)9-7-22(23)27(36)34-12-10-29(38,11-13-34)18-35-19-33-25-24(28(35)37)16-39-26(25)20-5-3-2-4-6-20/h2-6,8,14,16-17,19,22-23,38H,7,9-13,15,18H2,1H3/q+1/t22-,23+,40?/m1/s1. The Hall–Kier alpha value is -2.95. The zero-order valence-corrected chi connectivity index (χ0v) is 23.9. The molecular formula is C30H32F2N3O3S2+. The third kappa shape index (κ3) is 5.24. The molecule has 4 aromatic rings. The summed E-state index contributed by atoms with van der Waals surface area (Å²) in [5.74, 6) is -3.84. The molecule has 1 N–H and O–H groups in total. The lowest BCUT2D eigenvalue weighted by molar-refractivity contribution is -0.145. The van der Waals surface area contributed by atoms with Crippen molar-refractivity contribution in [2.75, 3.05) is 13.1 Å². The van der Waals surface area contributed by atoms with Crippen LogP contribution in [0.5, 0.6) is 0 Å². The average Bonchev–Trinajstić information content (AvgIpc) is 3.57. The molecule has 4 heterocycles. The van der Waals surface area contributed by atoms with Gasteiger partial charge in [-0.2, -0.15) is 0 Å². The van der Waals surface area contributed by atoms with E-state index in [-0.39, 0.29) is 47.7 Å². The van der Waals surface area contributed by atoms with Crippen molar-refractivity contribution in [1.29, 1.82) is 0 Å². The molecule has 0 bridgehead atoms. The van der Waals surface area contributed by atoms with Crippen molar-refractivity contribution < 1.29 is 18.7 Å². The van der Waals surface area contributed by atoms with Crippen molar-refractivity contribution in [3.8, 4) is 10.4 Å². The second kappa shape index (κ2) is 10.5. The van der Waals surface area contributed by atoms with Crippen LogP contribution in [-0.2, 0) is 17.6 Å². The van der Waals surface area contributed by atoms with Crippen LogP contribution in [-0.4, -0.2) is 50.1 Å². The number of benzene rings is 1. The van der Waals surface area contributed by atoms with E-state index in [1.807, 2.05) is 58.8 Å². The van der Waals surface area contributed by atoms with Crippen molar-refractivity contribution in [3.05, 3.63) is 74.8 Å². The summed E-state index contributed by atoms with van der Waals surface area (Å²) in [5.41, 5.74) is 1.14. The maximum Gasteiger partial charge on any atom is 0.262 e. The monoisotopic (exact) mass is 584 g/mol. The molecule has 6 nitrogen and oxygen atoms in total. The van der Waals surface area contributed by atoms with E-state index >= 15 is 0 Å². The Balaban J connectivity index is 1.15. The number of halogens is 2. The minimum absolute atomic E-state index is 0.0854. The number of hydrogen-bond donors (Lipinski definition) is 1. The SMILES string of the molecule is C[s+]1ccc([C@@H]2CC(F)(F)CC[C@H]2C(=O)N2CCC(O)(Cn3cnc4c(-c5ccccc5)scc4c3=O)CC2)c1. The molecule has 1 aliphatic heterocycles. The lowest BCUT2D eigenvalue weighted by Crippen LogP contribution is -2.52. The zero-order chi connectivity index (χ0) is 28.1. The van der Waals surface area contributed by atoms with Crippen molar-refractivity contribution in [1.82, 2.24) is 14.5 Å². The maximum atomic E-state index is 14.4. The molecule has 3 aromatic heterocycles. The topological polar surface area (TPSA) is 75.4 Å². The molecule has 40 heavy (non-hydrogen) atoms. The van der Waals surface area contributed by atoms with Crippen LogP contribution in [0.1, 0.15) is 43.6 Å². The Bertz CT molecular complexity index is 1590. The molecule has 10 heteroatoms. The predicted molar refractivity (Wildman–Crippen MR) is 155 cm³/mol. The number of amides is 1. The quantitative estimate of drug-likeness (QED) is 0.293. The second-order valence-electron chi connectivity index (χ2n) is 11.3. The van der Waals surface area contributed by atoms with Gasteiger partial charge >= 0.3 is 0 Å². The number of thiophene rings is 2. The van der Waals surface area contributed by atoms with Gasteiger partial charge in [0.25, 0.3) is 5.56 Å². The molecule has 2 aliphatic rings. The Morgan fingerprint density at radius 3 is 2.62 bits per heavy atom. The number of hydrogen-bond acceptors (Lipinski definition) is 5. The summed E-state index contributed by atoms with van der Waals surface area (Å²) in [6, 6.07) is 11.7. The Kier molecular flexibility index (Phi) is 7.13. The van der Waals surface area contributed by atoms with E-state index in [4.69, 9.17) is 0 Å². The molecule has 1 saturated heterocycles. The van der Waals surface area contributed by atoms with Gasteiger partial charge in [0.15, 0.2) is 0 Å². The van der Waals surface area contributed by atoms with Gasteiger partial charge in [-0.1, -0.05) is 30.3 Å². The van der Waals surface area contributed by atoms with E-state index in [0.29, 0.717) is 36.8 Å². The van der Waals surface area contributed by atoms with Gasteiger partial charge < -0.3 is 10.0 Å². The summed E-state index contributed by atoms with van der Waals surface area (Å²) in [6.07, 6.45) is 3.71. The molecule has 1 unspecified atom stereocenters. The van der Waals surface area contributed by atoms with Crippen LogP contribution in [0.25, 0.3) is 21.3 Å². The van der Waals surface area contributed by atoms with Crippen LogP contribution in [0.4, 0.5) is 8.78 Å². The minimum Gasteiger partial charge on any atom is -0.388 e. The summed E-state index contributed by atoms with van der Waals surface area (Å²) >= 11 is 1.47. The molecule has 6 rings (SSSR count). The number of carbonyl (C=O) groups is 1. The van der Waals surface area contributed by atoms with Gasteiger partial charge in [0.2, 0.25) is 11.8 Å². The van der Waals surface area contributed by atoms with Gasteiger partial charge in [0.05, 0.1) is 34.3 Å². The summed E-state index contributed by atoms with van der Waals surface area (Å²) in [4.78, 5) is 34.1. The number of fused-ring (bicyclic) bond motifs is 1. The Labute approximate surface area is 237 Å². The van der Waals surface area contributed by atoms with E-state index in [0.717, 1.165) is 16.0 Å². The normalized spacial score (nSPS) is 22.9. The highest BCUT2D eigenvalue weighted by Crippen LogP contribution is 2.47. The number of alkyl halides is 2. The van der Waals surface area contributed by atoms with E-state index < -0.39 is 23.4 Å². The van der Waals surface area contributed by atoms with Gasteiger partial charge in [-0.3, -0.25) is 14.2 Å². The lowest BCUT2D eigenvalue weighted by atomic mass is 9.73. The minimum atomic E-state index is -2.76. The zero-order valence-electron chi connectivity index (χ0n) is 22.3. The van der Waals surface area contributed by atoms with E-state index in [2.05, 4.69) is 4.98 Å². The molecule has 1 aromatic carbocycles. The molecule has 2 fully saturated rings. The summed E-state index contributed by atoms with van der Waals surface area (Å²) in [5, 5.41) is 17.8. The van der Waals surface area contributed by atoms with Gasteiger partial charge in [-0.05, 0) is 41.4 Å². The first-order chi connectivity index (χ1) is 19.1. The number of piperidine rings is 1. The third-order valence-electron chi connectivity index (χ3n) is 8.46. The van der Waals surface area contributed by atoms with Crippen molar-refractivity contribution in [2.24, 2.45) is 12.2 Å². The number of aliphatic hydroxyl groups is 1. The van der Waals surface area contributed by atoms with Crippen LogP contribution >= 0.6 is 21.8 Å². The Morgan fingerprint density at radius 2 is 1.93 bits per heavy atom. The van der Waals surface area contributed by atoms with Crippen LogP contribution in [0.2, 0.25) is 0 Å². The van der Waals surface area contributed by atoms with Gasteiger partial charge in [0.1, 0.15) is 17.0 Å².